The van der Waals surface area contributed by atoms with E-state index in [1.807, 2.05) is 6.07 Å². The van der Waals surface area contributed by atoms with Crippen molar-refractivity contribution in [2.45, 2.75) is 19.4 Å². The molecule has 1 aliphatic rings. The summed E-state index contributed by atoms with van der Waals surface area (Å²) in [5.74, 6) is 0.635. The summed E-state index contributed by atoms with van der Waals surface area (Å²) in [6.45, 7) is 3.57. The minimum absolute atomic E-state index is 0.134. The Balaban J connectivity index is 2.00. The first kappa shape index (κ1) is 14.4. The number of halogens is 1. The highest BCUT2D eigenvalue weighted by Gasteiger charge is 2.19. The maximum absolute atomic E-state index is 10.9. The molecule has 1 fully saturated rings. The molecule has 1 aromatic carbocycles. The van der Waals surface area contributed by atoms with Crippen molar-refractivity contribution < 1.29 is 4.92 Å². The average molecular weight is 328 g/mol. The quantitative estimate of drug-likeness (QED) is 0.681. The fourth-order valence-electron chi connectivity index (χ4n) is 2.43. The number of nitrogens with zero attached hydrogens (tertiary/aromatic N) is 2. The summed E-state index contributed by atoms with van der Waals surface area (Å²) in [5, 5.41) is 10.9. The van der Waals surface area contributed by atoms with E-state index in [9.17, 15) is 10.1 Å². The highest BCUT2D eigenvalue weighted by Crippen LogP contribution is 2.27. The third-order valence-electron chi connectivity index (χ3n) is 3.65. The van der Waals surface area contributed by atoms with Crippen molar-refractivity contribution in [1.82, 2.24) is 4.90 Å². The Morgan fingerprint density at radius 3 is 2.68 bits per heavy atom. The molecule has 1 aromatic rings. The van der Waals surface area contributed by atoms with Gasteiger partial charge in [-0.05, 0) is 66.0 Å². The Kier molecular flexibility index (Phi) is 4.90. The number of nitro groups is 1. The average Bonchev–Trinajstić information content (AvgIpc) is 2.41. The second-order valence-electron chi connectivity index (χ2n) is 5.00. The molecule has 0 unspecified atom stereocenters. The Hall–Kier alpha value is -0.980. The largest absolute Gasteiger partial charge is 0.330 e. The molecule has 6 heteroatoms. The summed E-state index contributed by atoms with van der Waals surface area (Å²) in [6.07, 6.45) is 2.24. The summed E-state index contributed by atoms with van der Waals surface area (Å²) >= 11 is 3.20. The zero-order valence-electron chi connectivity index (χ0n) is 10.7. The topological polar surface area (TPSA) is 72.4 Å². The van der Waals surface area contributed by atoms with Crippen LogP contribution in [0.2, 0.25) is 0 Å². The number of hydrogen-bond donors (Lipinski definition) is 1. The van der Waals surface area contributed by atoms with Gasteiger partial charge in [-0.3, -0.25) is 15.0 Å². The van der Waals surface area contributed by atoms with Crippen LogP contribution in [0.4, 0.5) is 5.69 Å². The Labute approximate surface area is 121 Å². The fraction of sp³-hybridized carbons (Fsp3) is 0.538. The molecule has 0 aliphatic carbocycles. The molecule has 104 valence electrons. The predicted octanol–water partition coefficient (Wildman–Crippen LogP) is 2.53. The molecule has 1 saturated heterocycles. The third kappa shape index (κ3) is 3.75. The van der Waals surface area contributed by atoms with Gasteiger partial charge in [-0.15, -0.1) is 0 Å². The molecule has 2 N–H and O–H groups in total. The van der Waals surface area contributed by atoms with Gasteiger partial charge in [0.05, 0.1) is 9.40 Å². The molecule has 2 rings (SSSR count). The number of nitro benzene ring substituents is 1. The first-order chi connectivity index (χ1) is 9.10. The molecule has 0 amide bonds. The van der Waals surface area contributed by atoms with Crippen molar-refractivity contribution in [2.75, 3.05) is 19.6 Å². The van der Waals surface area contributed by atoms with Gasteiger partial charge in [-0.1, -0.05) is 6.07 Å². The summed E-state index contributed by atoms with van der Waals surface area (Å²) in [4.78, 5) is 12.9. The van der Waals surface area contributed by atoms with Gasteiger partial charge >= 0.3 is 0 Å². The fourth-order valence-corrected chi connectivity index (χ4v) is 2.83. The lowest BCUT2D eigenvalue weighted by Crippen LogP contribution is -2.35. The number of piperidine rings is 1. The van der Waals surface area contributed by atoms with Crippen LogP contribution in [-0.4, -0.2) is 29.5 Å². The van der Waals surface area contributed by atoms with Crippen molar-refractivity contribution in [3.05, 3.63) is 38.3 Å². The van der Waals surface area contributed by atoms with E-state index < -0.39 is 0 Å². The number of rotatable bonds is 4. The van der Waals surface area contributed by atoms with Crippen molar-refractivity contribution in [3.63, 3.8) is 0 Å². The molecule has 0 spiro atoms. The lowest BCUT2D eigenvalue weighted by atomic mass is 9.97. The van der Waals surface area contributed by atoms with Crippen LogP contribution in [0.25, 0.3) is 0 Å². The molecule has 5 nitrogen and oxygen atoms in total. The first-order valence-electron chi connectivity index (χ1n) is 6.45. The van der Waals surface area contributed by atoms with Gasteiger partial charge in [-0.2, -0.15) is 0 Å². The second kappa shape index (κ2) is 6.45. The van der Waals surface area contributed by atoms with Crippen LogP contribution in [0, 0.1) is 16.0 Å². The smallest absolute Gasteiger partial charge is 0.283 e. The summed E-state index contributed by atoms with van der Waals surface area (Å²) in [6, 6.07) is 5.34. The minimum Gasteiger partial charge on any atom is -0.330 e. The second-order valence-corrected chi connectivity index (χ2v) is 5.85. The molecule has 0 saturated carbocycles. The van der Waals surface area contributed by atoms with Crippen molar-refractivity contribution in [1.29, 1.82) is 0 Å². The highest BCUT2D eigenvalue weighted by atomic mass is 79.9. The zero-order valence-corrected chi connectivity index (χ0v) is 12.3. The predicted molar refractivity (Wildman–Crippen MR) is 77.9 cm³/mol. The molecule has 1 aliphatic heterocycles. The Morgan fingerprint density at radius 2 is 2.11 bits per heavy atom. The molecule has 0 atom stereocenters. The van der Waals surface area contributed by atoms with Crippen LogP contribution in [0.3, 0.4) is 0 Å². The van der Waals surface area contributed by atoms with Gasteiger partial charge in [0.25, 0.3) is 5.69 Å². The SMILES string of the molecule is NCC1CCN(Cc2ccc(Br)c([N+](=O)[O-])c2)CC1. The summed E-state index contributed by atoms with van der Waals surface area (Å²) in [7, 11) is 0. The van der Waals surface area contributed by atoms with Crippen LogP contribution >= 0.6 is 15.9 Å². The van der Waals surface area contributed by atoms with Gasteiger partial charge in [0, 0.05) is 12.6 Å². The van der Waals surface area contributed by atoms with Crippen LogP contribution < -0.4 is 5.73 Å². The normalized spacial score (nSPS) is 17.6. The maximum Gasteiger partial charge on any atom is 0.283 e. The highest BCUT2D eigenvalue weighted by molar-refractivity contribution is 9.10. The van der Waals surface area contributed by atoms with Crippen molar-refractivity contribution >= 4 is 21.6 Å². The molecule has 0 bridgehead atoms. The minimum atomic E-state index is -0.353. The van der Waals surface area contributed by atoms with Crippen molar-refractivity contribution in [2.24, 2.45) is 11.7 Å². The zero-order chi connectivity index (χ0) is 13.8. The Morgan fingerprint density at radius 1 is 1.42 bits per heavy atom. The number of hydrogen-bond acceptors (Lipinski definition) is 4. The maximum atomic E-state index is 10.9. The Bertz CT molecular complexity index is 459. The molecular weight excluding hydrogens is 310 g/mol. The number of nitrogens with two attached hydrogens (primary N) is 1. The van der Waals surface area contributed by atoms with E-state index in [-0.39, 0.29) is 10.6 Å². The standard InChI is InChI=1S/C13H18BrN3O2/c14-12-2-1-11(7-13(12)17(18)19)9-16-5-3-10(8-15)4-6-16/h1-2,7,10H,3-6,8-9,15H2. The van der Waals surface area contributed by atoms with Crippen LogP contribution in [0.1, 0.15) is 18.4 Å². The monoisotopic (exact) mass is 327 g/mol. The van der Waals surface area contributed by atoms with Gasteiger partial charge in [0.2, 0.25) is 0 Å². The van der Waals surface area contributed by atoms with Gasteiger partial charge in [0.15, 0.2) is 0 Å². The van der Waals surface area contributed by atoms with Crippen LogP contribution in [0.15, 0.2) is 22.7 Å². The first-order valence-corrected chi connectivity index (χ1v) is 7.24. The third-order valence-corrected chi connectivity index (χ3v) is 4.32. The van der Waals surface area contributed by atoms with E-state index in [1.165, 1.54) is 0 Å². The van der Waals surface area contributed by atoms with Gasteiger partial charge < -0.3 is 5.73 Å². The number of likely N-dealkylation sites (tertiary alicyclic amines) is 1. The van der Waals surface area contributed by atoms with E-state index in [0.717, 1.165) is 44.6 Å². The van der Waals surface area contributed by atoms with Crippen LogP contribution in [-0.2, 0) is 6.54 Å². The molecule has 19 heavy (non-hydrogen) atoms. The molecular formula is C13H18BrN3O2. The van der Waals surface area contributed by atoms with Gasteiger partial charge in [0.1, 0.15) is 0 Å². The molecule has 0 radical (unpaired) electrons. The molecule has 0 aromatic heterocycles. The van der Waals surface area contributed by atoms with E-state index in [4.69, 9.17) is 5.73 Å². The van der Waals surface area contributed by atoms with Gasteiger partial charge in [-0.25, -0.2) is 0 Å². The van der Waals surface area contributed by atoms with E-state index in [2.05, 4.69) is 20.8 Å². The van der Waals surface area contributed by atoms with E-state index >= 15 is 0 Å². The lowest BCUT2D eigenvalue weighted by molar-refractivity contribution is -0.385. The lowest BCUT2D eigenvalue weighted by Gasteiger charge is -2.31. The molecule has 1 heterocycles. The van der Waals surface area contributed by atoms with Crippen molar-refractivity contribution in [3.8, 4) is 0 Å². The summed E-state index contributed by atoms with van der Waals surface area (Å²) in [5.41, 5.74) is 6.79. The van der Waals surface area contributed by atoms with E-state index in [1.54, 1.807) is 12.1 Å². The summed E-state index contributed by atoms with van der Waals surface area (Å²) < 4.78 is 0.531. The number of benzene rings is 1. The van der Waals surface area contributed by atoms with E-state index in [0.29, 0.717) is 10.4 Å². The van der Waals surface area contributed by atoms with Crippen LogP contribution in [0.5, 0.6) is 0 Å².